The maximum Gasteiger partial charge on any atom is 0.165 e. The Labute approximate surface area is 188 Å². The first kappa shape index (κ1) is 27.2. The summed E-state index contributed by atoms with van der Waals surface area (Å²) in [7, 11) is 3.60. The zero-order valence-electron chi connectivity index (χ0n) is 19.1. The van der Waals surface area contributed by atoms with Gasteiger partial charge in [-0.15, -0.1) is 0 Å². The number of likely N-dealkylation sites (N-methyl/N-ethyl adjacent to an activating group) is 2. The highest BCUT2D eigenvalue weighted by atomic mass is 19.1. The monoisotopic (exact) mass is 450 g/mol. The largest absolute Gasteiger partial charge is 0.489 e. The molecule has 0 saturated carbocycles. The maximum absolute atomic E-state index is 13.5. The lowest BCUT2D eigenvalue weighted by molar-refractivity contribution is -0.117. The number of hydrogen-bond donors (Lipinski definition) is 2. The molecule has 0 unspecified atom stereocenters. The number of ketones is 2. The van der Waals surface area contributed by atoms with Crippen LogP contribution in [0.4, 0.5) is 8.78 Å². The fraction of sp³-hybridized carbons (Fsp3) is 0.417. The molecule has 2 aromatic rings. The van der Waals surface area contributed by atoms with Crippen molar-refractivity contribution in [3.8, 4) is 11.5 Å². The van der Waals surface area contributed by atoms with E-state index < -0.39 is 11.6 Å². The van der Waals surface area contributed by atoms with Crippen molar-refractivity contribution in [1.82, 2.24) is 10.6 Å². The number of rotatable bonds is 12. The standard InChI is InChI=1S/2C12H16FNO2/c2*1-9(15)7-10-3-4-12(11(13)8-10)16-6-5-14-2/h2*3-4,8,14H,5-7H2,1-2H3. The fourth-order valence-electron chi connectivity index (χ4n) is 2.64. The molecule has 0 fully saturated rings. The van der Waals surface area contributed by atoms with Crippen molar-refractivity contribution in [3.05, 3.63) is 59.2 Å². The van der Waals surface area contributed by atoms with Crippen LogP contribution >= 0.6 is 0 Å². The normalized spacial score (nSPS) is 10.2. The van der Waals surface area contributed by atoms with Crippen LogP contribution in [0.25, 0.3) is 0 Å². The van der Waals surface area contributed by atoms with Gasteiger partial charge in [0.1, 0.15) is 24.8 Å². The third-order valence-electron chi connectivity index (χ3n) is 4.12. The van der Waals surface area contributed by atoms with E-state index in [1.807, 2.05) is 0 Å². The van der Waals surface area contributed by atoms with E-state index >= 15 is 0 Å². The molecule has 2 rings (SSSR count). The van der Waals surface area contributed by atoms with Gasteiger partial charge in [0.2, 0.25) is 0 Å². The Hall–Kier alpha value is -2.84. The smallest absolute Gasteiger partial charge is 0.165 e. The predicted octanol–water partition coefficient (Wildman–Crippen LogP) is 3.11. The Morgan fingerprint density at radius 1 is 0.750 bits per heavy atom. The van der Waals surface area contributed by atoms with Crippen molar-refractivity contribution < 1.29 is 27.8 Å². The molecular weight excluding hydrogens is 418 g/mol. The fourth-order valence-corrected chi connectivity index (χ4v) is 2.64. The first-order valence-corrected chi connectivity index (χ1v) is 10.4. The molecule has 0 aliphatic rings. The summed E-state index contributed by atoms with van der Waals surface area (Å²) in [4.78, 5) is 21.7. The van der Waals surface area contributed by atoms with Crippen LogP contribution in [0.5, 0.6) is 11.5 Å². The number of nitrogens with one attached hydrogen (secondary N) is 2. The van der Waals surface area contributed by atoms with Crippen LogP contribution in [0.3, 0.4) is 0 Å². The molecular formula is C24H32F2N2O4. The molecule has 0 heterocycles. The van der Waals surface area contributed by atoms with E-state index in [4.69, 9.17) is 9.47 Å². The average molecular weight is 451 g/mol. The van der Waals surface area contributed by atoms with Gasteiger partial charge in [-0.2, -0.15) is 0 Å². The highest BCUT2D eigenvalue weighted by Crippen LogP contribution is 2.19. The second kappa shape index (κ2) is 15.0. The van der Waals surface area contributed by atoms with Crippen LogP contribution in [0.1, 0.15) is 25.0 Å². The number of ether oxygens (including phenoxy) is 2. The summed E-state index contributed by atoms with van der Waals surface area (Å²) in [6.45, 7) is 5.12. The molecule has 0 aliphatic carbocycles. The average Bonchev–Trinajstić information content (AvgIpc) is 2.71. The minimum absolute atomic E-state index is 0.0169. The Morgan fingerprint density at radius 3 is 1.41 bits per heavy atom. The van der Waals surface area contributed by atoms with E-state index in [2.05, 4.69) is 10.6 Å². The topological polar surface area (TPSA) is 76.7 Å². The summed E-state index contributed by atoms with van der Waals surface area (Å²) in [5.74, 6) is -0.360. The number of carbonyl (C=O) groups excluding carboxylic acids is 2. The molecule has 0 spiro atoms. The highest BCUT2D eigenvalue weighted by molar-refractivity contribution is 5.78. The number of carbonyl (C=O) groups is 2. The van der Waals surface area contributed by atoms with E-state index in [9.17, 15) is 18.4 Å². The Bertz CT molecular complexity index is 804. The van der Waals surface area contributed by atoms with Gasteiger partial charge in [-0.25, -0.2) is 8.78 Å². The van der Waals surface area contributed by atoms with Crippen LogP contribution in [0, 0.1) is 11.6 Å². The molecule has 0 aromatic heterocycles. The lowest BCUT2D eigenvalue weighted by atomic mass is 10.1. The van der Waals surface area contributed by atoms with Crippen molar-refractivity contribution >= 4 is 11.6 Å². The van der Waals surface area contributed by atoms with Gasteiger partial charge in [0.25, 0.3) is 0 Å². The molecule has 0 amide bonds. The quantitative estimate of drug-likeness (QED) is 0.484. The van der Waals surface area contributed by atoms with Gasteiger partial charge >= 0.3 is 0 Å². The van der Waals surface area contributed by atoms with Crippen molar-refractivity contribution in [3.63, 3.8) is 0 Å². The van der Waals surface area contributed by atoms with Gasteiger partial charge in [0.05, 0.1) is 0 Å². The summed E-state index contributed by atoms with van der Waals surface area (Å²) in [6, 6.07) is 9.22. The number of benzene rings is 2. The SMILES string of the molecule is CNCCOc1ccc(CC(C)=O)cc1F.CNCCOc1ccc(CC(C)=O)cc1F. The summed E-state index contributed by atoms with van der Waals surface area (Å²) in [5, 5.41) is 5.81. The van der Waals surface area contributed by atoms with Crippen molar-refractivity contribution in [2.24, 2.45) is 0 Å². The van der Waals surface area contributed by atoms with Crippen LogP contribution in [-0.2, 0) is 22.4 Å². The lowest BCUT2D eigenvalue weighted by Gasteiger charge is -2.07. The van der Waals surface area contributed by atoms with E-state index in [1.165, 1.54) is 26.0 Å². The molecule has 0 atom stereocenters. The Kier molecular flexibility index (Phi) is 12.8. The third-order valence-corrected chi connectivity index (χ3v) is 4.12. The van der Waals surface area contributed by atoms with Gasteiger partial charge in [0.15, 0.2) is 23.1 Å². The van der Waals surface area contributed by atoms with E-state index in [-0.39, 0.29) is 35.9 Å². The molecule has 176 valence electrons. The first-order valence-electron chi connectivity index (χ1n) is 10.4. The molecule has 2 N–H and O–H groups in total. The first-order chi connectivity index (χ1) is 15.3. The summed E-state index contributed by atoms with van der Waals surface area (Å²) >= 11 is 0. The molecule has 0 radical (unpaired) electrons. The number of Topliss-reactive ketones (excluding diaryl/α,β-unsaturated/α-hetero) is 2. The van der Waals surface area contributed by atoms with E-state index in [0.717, 1.165) is 0 Å². The second-order valence-electron chi connectivity index (χ2n) is 7.19. The third kappa shape index (κ3) is 11.0. The van der Waals surface area contributed by atoms with Crippen molar-refractivity contribution in [2.75, 3.05) is 40.4 Å². The molecule has 0 bridgehead atoms. The molecule has 6 nitrogen and oxygen atoms in total. The molecule has 0 aliphatic heterocycles. The van der Waals surface area contributed by atoms with Gasteiger partial charge in [-0.3, -0.25) is 9.59 Å². The molecule has 8 heteroatoms. The van der Waals surface area contributed by atoms with Crippen LogP contribution in [0.2, 0.25) is 0 Å². The van der Waals surface area contributed by atoms with Gasteiger partial charge in [-0.1, -0.05) is 12.1 Å². The Balaban J connectivity index is 0.000000320. The summed E-state index contributed by atoms with van der Waals surface area (Å²) in [5.41, 5.74) is 1.34. The second-order valence-corrected chi connectivity index (χ2v) is 7.19. The van der Waals surface area contributed by atoms with Crippen LogP contribution < -0.4 is 20.1 Å². The Morgan fingerprint density at radius 2 is 1.12 bits per heavy atom. The minimum atomic E-state index is -0.421. The molecule has 2 aromatic carbocycles. The maximum atomic E-state index is 13.5. The van der Waals surface area contributed by atoms with Gasteiger partial charge < -0.3 is 20.1 Å². The highest BCUT2D eigenvalue weighted by Gasteiger charge is 2.07. The zero-order chi connectivity index (χ0) is 23.9. The van der Waals surface area contributed by atoms with E-state index in [0.29, 0.717) is 37.4 Å². The molecule has 32 heavy (non-hydrogen) atoms. The van der Waals surface area contributed by atoms with Gasteiger partial charge in [-0.05, 0) is 63.3 Å². The van der Waals surface area contributed by atoms with Crippen molar-refractivity contribution in [2.45, 2.75) is 26.7 Å². The molecule has 0 saturated heterocycles. The van der Waals surface area contributed by atoms with E-state index in [1.54, 1.807) is 38.4 Å². The zero-order valence-corrected chi connectivity index (χ0v) is 19.1. The number of halogens is 2. The minimum Gasteiger partial charge on any atom is -0.489 e. The number of hydrogen-bond acceptors (Lipinski definition) is 6. The van der Waals surface area contributed by atoms with Crippen LogP contribution in [0.15, 0.2) is 36.4 Å². The predicted molar refractivity (Wildman–Crippen MR) is 120 cm³/mol. The lowest BCUT2D eigenvalue weighted by Crippen LogP contribution is -2.16. The van der Waals surface area contributed by atoms with Gasteiger partial charge in [0, 0.05) is 25.9 Å². The summed E-state index contributed by atoms with van der Waals surface area (Å²) < 4.78 is 37.4. The summed E-state index contributed by atoms with van der Waals surface area (Å²) in [6.07, 6.45) is 0.515. The van der Waals surface area contributed by atoms with Crippen molar-refractivity contribution in [1.29, 1.82) is 0 Å². The van der Waals surface area contributed by atoms with Crippen LogP contribution in [-0.4, -0.2) is 52.0 Å².